The number of hydrogen-bond acceptors (Lipinski definition) is 2. The molecule has 4 heteroatoms. The minimum atomic E-state index is -0.459. The van der Waals surface area contributed by atoms with Crippen LogP contribution in [0.4, 0.5) is 0 Å². The molecule has 0 saturated heterocycles. The molecule has 16 heavy (non-hydrogen) atoms. The van der Waals surface area contributed by atoms with Gasteiger partial charge in [-0.2, -0.15) is 0 Å². The van der Waals surface area contributed by atoms with E-state index in [1.165, 1.54) is 25.7 Å². The van der Waals surface area contributed by atoms with Gasteiger partial charge in [-0.25, -0.2) is 0 Å². The van der Waals surface area contributed by atoms with Gasteiger partial charge in [0.05, 0.1) is 4.32 Å². The summed E-state index contributed by atoms with van der Waals surface area (Å²) in [7, 11) is 2.15. The molecule has 1 rings (SSSR count). The maximum absolute atomic E-state index is 11.6. The monoisotopic (exact) mass is 290 g/mol. The SMILES string of the molecule is CN(CCNC(=O)C(C)(C)Br)C1CCCC1. The second-order valence-corrected chi connectivity index (χ2v) is 7.13. The van der Waals surface area contributed by atoms with Gasteiger partial charge in [0.1, 0.15) is 0 Å². The van der Waals surface area contributed by atoms with Crippen LogP contribution >= 0.6 is 15.9 Å². The van der Waals surface area contributed by atoms with Crippen molar-refractivity contribution in [1.29, 1.82) is 0 Å². The Bertz CT molecular complexity index is 232. The van der Waals surface area contributed by atoms with Gasteiger partial charge in [0, 0.05) is 19.1 Å². The van der Waals surface area contributed by atoms with Crippen LogP contribution in [-0.2, 0) is 4.79 Å². The van der Waals surface area contributed by atoms with Crippen LogP contribution in [-0.4, -0.2) is 41.3 Å². The van der Waals surface area contributed by atoms with E-state index < -0.39 is 4.32 Å². The molecule has 1 aliphatic rings. The Morgan fingerprint density at radius 3 is 2.50 bits per heavy atom. The lowest BCUT2D eigenvalue weighted by Gasteiger charge is -2.24. The molecule has 3 nitrogen and oxygen atoms in total. The van der Waals surface area contributed by atoms with Crippen LogP contribution in [0.25, 0.3) is 0 Å². The number of carbonyl (C=O) groups is 1. The minimum absolute atomic E-state index is 0.0623. The predicted octanol–water partition coefficient (Wildman–Crippen LogP) is 2.15. The molecule has 0 spiro atoms. The number of alkyl halides is 1. The first-order chi connectivity index (χ1) is 7.41. The molecule has 94 valence electrons. The molecule has 1 saturated carbocycles. The van der Waals surface area contributed by atoms with Crippen LogP contribution in [0, 0.1) is 0 Å². The summed E-state index contributed by atoms with van der Waals surface area (Å²) in [5.41, 5.74) is 0. The topological polar surface area (TPSA) is 32.3 Å². The van der Waals surface area contributed by atoms with Crippen molar-refractivity contribution in [2.75, 3.05) is 20.1 Å². The Hall–Kier alpha value is -0.0900. The third-order valence-electron chi connectivity index (χ3n) is 3.24. The Kier molecular flexibility index (Phi) is 5.25. The van der Waals surface area contributed by atoms with Crippen molar-refractivity contribution in [3.63, 3.8) is 0 Å². The molecule has 0 radical (unpaired) electrons. The third-order valence-corrected chi connectivity index (χ3v) is 3.60. The molecule has 0 heterocycles. The van der Waals surface area contributed by atoms with Crippen LogP contribution in [0.5, 0.6) is 0 Å². The maximum atomic E-state index is 11.6. The summed E-state index contributed by atoms with van der Waals surface area (Å²) < 4.78 is -0.459. The van der Waals surface area contributed by atoms with Crippen LogP contribution < -0.4 is 5.32 Å². The van der Waals surface area contributed by atoms with Crippen LogP contribution in [0.15, 0.2) is 0 Å². The highest BCUT2D eigenvalue weighted by Gasteiger charge is 2.23. The molecule has 0 aromatic heterocycles. The third kappa shape index (κ3) is 4.42. The number of halogens is 1. The van der Waals surface area contributed by atoms with Gasteiger partial charge in [-0.05, 0) is 33.7 Å². The van der Waals surface area contributed by atoms with Gasteiger partial charge in [-0.3, -0.25) is 4.79 Å². The fraction of sp³-hybridized carbons (Fsp3) is 0.917. The molecule has 0 bridgehead atoms. The van der Waals surface area contributed by atoms with E-state index in [4.69, 9.17) is 0 Å². The van der Waals surface area contributed by atoms with Crippen molar-refractivity contribution in [3.05, 3.63) is 0 Å². The van der Waals surface area contributed by atoms with Crippen molar-refractivity contribution < 1.29 is 4.79 Å². The first-order valence-electron chi connectivity index (χ1n) is 6.08. The Morgan fingerprint density at radius 1 is 1.44 bits per heavy atom. The van der Waals surface area contributed by atoms with Gasteiger partial charge >= 0.3 is 0 Å². The number of nitrogens with zero attached hydrogens (tertiary/aromatic N) is 1. The van der Waals surface area contributed by atoms with E-state index >= 15 is 0 Å². The number of hydrogen-bond donors (Lipinski definition) is 1. The Morgan fingerprint density at radius 2 is 2.00 bits per heavy atom. The summed E-state index contributed by atoms with van der Waals surface area (Å²) in [6.07, 6.45) is 5.34. The van der Waals surface area contributed by atoms with Crippen LogP contribution in [0.1, 0.15) is 39.5 Å². The Labute approximate surface area is 107 Å². The van der Waals surface area contributed by atoms with E-state index in [9.17, 15) is 4.79 Å². The first-order valence-corrected chi connectivity index (χ1v) is 6.88. The number of amides is 1. The number of likely N-dealkylation sites (N-methyl/N-ethyl adjacent to an activating group) is 1. The molecule has 1 N–H and O–H groups in total. The fourth-order valence-electron chi connectivity index (χ4n) is 2.08. The second kappa shape index (κ2) is 6.01. The fourth-order valence-corrected chi connectivity index (χ4v) is 2.22. The van der Waals surface area contributed by atoms with Gasteiger partial charge in [-0.15, -0.1) is 0 Å². The van der Waals surface area contributed by atoms with Crippen molar-refractivity contribution in [2.24, 2.45) is 0 Å². The quantitative estimate of drug-likeness (QED) is 0.787. The summed E-state index contributed by atoms with van der Waals surface area (Å²) in [4.78, 5) is 14.0. The molecule has 0 aromatic carbocycles. The van der Waals surface area contributed by atoms with Crippen LogP contribution in [0.3, 0.4) is 0 Å². The minimum Gasteiger partial charge on any atom is -0.354 e. The average molecular weight is 291 g/mol. The zero-order valence-electron chi connectivity index (χ0n) is 10.6. The summed E-state index contributed by atoms with van der Waals surface area (Å²) >= 11 is 3.35. The highest BCUT2D eigenvalue weighted by atomic mass is 79.9. The molecule has 1 amide bonds. The van der Waals surface area contributed by atoms with E-state index in [1.807, 2.05) is 13.8 Å². The summed E-state index contributed by atoms with van der Waals surface area (Å²) in [5.74, 6) is 0.0623. The second-order valence-electron chi connectivity index (χ2n) is 5.15. The number of nitrogens with one attached hydrogen (secondary N) is 1. The molecular formula is C12H23BrN2O. The van der Waals surface area contributed by atoms with E-state index in [1.54, 1.807) is 0 Å². The normalized spacial score (nSPS) is 18.1. The van der Waals surface area contributed by atoms with Crippen molar-refractivity contribution in [3.8, 4) is 0 Å². The van der Waals surface area contributed by atoms with Gasteiger partial charge in [-0.1, -0.05) is 28.8 Å². The first kappa shape index (κ1) is 14.0. The number of carbonyl (C=O) groups excluding carboxylic acids is 1. The van der Waals surface area contributed by atoms with Crippen LogP contribution in [0.2, 0.25) is 0 Å². The van der Waals surface area contributed by atoms with Gasteiger partial charge in [0.15, 0.2) is 0 Å². The highest BCUT2D eigenvalue weighted by Crippen LogP contribution is 2.21. The summed E-state index contributed by atoms with van der Waals surface area (Å²) in [6, 6.07) is 0.730. The van der Waals surface area contributed by atoms with Gasteiger partial charge in [0.25, 0.3) is 0 Å². The predicted molar refractivity (Wildman–Crippen MR) is 70.9 cm³/mol. The Balaban J connectivity index is 2.17. The maximum Gasteiger partial charge on any atom is 0.236 e. The van der Waals surface area contributed by atoms with Crippen molar-refractivity contribution >= 4 is 21.8 Å². The molecule has 1 aliphatic carbocycles. The molecule has 0 unspecified atom stereocenters. The van der Waals surface area contributed by atoms with E-state index in [2.05, 4.69) is 33.2 Å². The zero-order chi connectivity index (χ0) is 12.2. The molecule has 0 atom stereocenters. The summed E-state index contributed by atoms with van der Waals surface area (Å²) in [6.45, 7) is 5.41. The molecular weight excluding hydrogens is 268 g/mol. The largest absolute Gasteiger partial charge is 0.354 e. The number of rotatable bonds is 5. The average Bonchev–Trinajstić information content (AvgIpc) is 2.68. The lowest BCUT2D eigenvalue weighted by Crippen LogP contribution is -2.42. The van der Waals surface area contributed by atoms with Gasteiger partial charge in [0.2, 0.25) is 5.91 Å². The zero-order valence-corrected chi connectivity index (χ0v) is 12.1. The molecule has 0 aliphatic heterocycles. The lowest BCUT2D eigenvalue weighted by atomic mass is 10.2. The van der Waals surface area contributed by atoms with Crippen molar-refractivity contribution in [1.82, 2.24) is 10.2 Å². The standard InChI is InChI=1S/C12H23BrN2O/c1-12(2,13)11(16)14-8-9-15(3)10-6-4-5-7-10/h10H,4-9H2,1-3H3,(H,14,16). The lowest BCUT2D eigenvalue weighted by molar-refractivity contribution is -0.122. The molecule has 0 aromatic rings. The highest BCUT2D eigenvalue weighted by molar-refractivity contribution is 9.10. The van der Waals surface area contributed by atoms with E-state index in [0.717, 1.165) is 19.1 Å². The van der Waals surface area contributed by atoms with E-state index in [0.29, 0.717) is 0 Å². The van der Waals surface area contributed by atoms with Crippen molar-refractivity contribution in [2.45, 2.75) is 49.9 Å². The van der Waals surface area contributed by atoms with Gasteiger partial charge < -0.3 is 10.2 Å². The molecule has 1 fully saturated rings. The summed E-state index contributed by atoms with van der Waals surface area (Å²) in [5, 5.41) is 2.95. The van der Waals surface area contributed by atoms with E-state index in [-0.39, 0.29) is 5.91 Å². The smallest absolute Gasteiger partial charge is 0.236 e.